The number of hydrogen-bond donors (Lipinski definition) is 1. The van der Waals surface area contributed by atoms with Crippen molar-refractivity contribution in [2.75, 3.05) is 5.75 Å². The van der Waals surface area contributed by atoms with Crippen LogP contribution in [0.5, 0.6) is 0 Å². The first-order chi connectivity index (χ1) is 10.2. The molecule has 7 heteroatoms. The first-order valence-electron chi connectivity index (χ1n) is 6.70. The van der Waals surface area contributed by atoms with Crippen molar-refractivity contribution in [3.05, 3.63) is 34.5 Å². The summed E-state index contributed by atoms with van der Waals surface area (Å²) in [4.78, 5) is 29.4. The first kappa shape index (κ1) is 14.3. The molecule has 2 aromatic heterocycles. The molecule has 1 aliphatic carbocycles. The number of nitrogens with one attached hydrogen (secondary N) is 1. The topological polar surface area (TPSA) is 64.0 Å². The molecule has 2 heterocycles. The Kier molecular flexibility index (Phi) is 4.12. The molecule has 0 saturated heterocycles. The van der Waals surface area contributed by atoms with Gasteiger partial charge in [-0.05, 0) is 24.3 Å². The minimum absolute atomic E-state index is 0.00632. The van der Waals surface area contributed by atoms with E-state index >= 15 is 0 Å². The lowest BCUT2D eigenvalue weighted by atomic mass is 10.4. The fourth-order valence-electron chi connectivity index (χ4n) is 1.96. The average Bonchev–Trinajstić information content (AvgIpc) is 3.14. The highest BCUT2D eigenvalue weighted by atomic mass is 32.2. The van der Waals surface area contributed by atoms with E-state index in [9.17, 15) is 9.59 Å². The maximum absolute atomic E-state index is 12.4. The zero-order valence-corrected chi connectivity index (χ0v) is 13.0. The van der Waals surface area contributed by atoms with Gasteiger partial charge in [0.15, 0.2) is 5.16 Å². The molecule has 0 radical (unpaired) electrons. The van der Waals surface area contributed by atoms with E-state index in [1.54, 1.807) is 16.7 Å². The molecule has 0 aliphatic heterocycles. The van der Waals surface area contributed by atoms with Crippen LogP contribution in [0.1, 0.15) is 12.8 Å². The largest absolute Gasteiger partial charge is 0.353 e. The Labute approximate surface area is 130 Å². The minimum Gasteiger partial charge on any atom is -0.353 e. The van der Waals surface area contributed by atoms with Crippen molar-refractivity contribution < 1.29 is 4.79 Å². The number of allylic oxidation sites excluding steroid dienone is 1. The van der Waals surface area contributed by atoms with Crippen LogP contribution in [0.15, 0.2) is 34.1 Å². The van der Waals surface area contributed by atoms with Gasteiger partial charge in [-0.15, -0.1) is 17.9 Å². The van der Waals surface area contributed by atoms with Crippen molar-refractivity contribution in [3.63, 3.8) is 0 Å². The van der Waals surface area contributed by atoms with Gasteiger partial charge < -0.3 is 5.32 Å². The molecule has 1 amide bonds. The molecular weight excluding hydrogens is 306 g/mol. The van der Waals surface area contributed by atoms with E-state index in [1.165, 1.54) is 23.1 Å². The fraction of sp³-hybridized carbons (Fsp3) is 0.357. The van der Waals surface area contributed by atoms with Gasteiger partial charge in [-0.1, -0.05) is 17.8 Å². The smallest absolute Gasteiger partial charge is 0.263 e. The lowest BCUT2D eigenvalue weighted by Crippen LogP contribution is -2.28. The predicted octanol–water partition coefficient (Wildman–Crippen LogP) is 2.01. The summed E-state index contributed by atoms with van der Waals surface area (Å²) in [6.45, 7) is 4.07. The van der Waals surface area contributed by atoms with Crippen LogP contribution < -0.4 is 10.9 Å². The molecule has 1 aliphatic rings. The van der Waals surface area contributed by atoms with Gasteiger partial charge in [-0.25, -0.2) is 4.98 Å². The van der Waals surface area contributed by atoms with E-state index in [1.807, 2.05) is 5.38 Å². The van der Waals surface area contributed by atoms with Crippen LogP contribution in [0.4, 0.5) is 0 Å². The summed E-state index contributed by atoms with van der Waals surface area (Å²) in [5.74, 6) is 0.268. The maximum atomic E-state index is 12.4. The van der Waals surface area contributed by atoms with Crippen LogP contribution in [-0.4, -0.2) is 27.3 Å². The predicted molar refractivity (Wildman–Crippen MR) is 86.0 cm³/mol. The Hall–Kier alpha value is -1.60. The maximum Gasteiger partial charge on any atom is 0.263 e. The second-order valence-electron chi connectivity index (χ2n) is 4.87. The fourth-order valence-corrected chi connectivity index (χ4v) is 3.58. The summed E-state index contributed by atoms with van der Waals surface area (Å²) in [6.07, 6.45) is 3.80. The Bertz CT molecular complexity index is 746. The van der Waals surface area contributed by atoms with Crippen molar-refractivity contribution in [3.8, 4) is 0 Å². The number of amides is 1. The van der Waals surface area contributed by atoms with Crippen molar-refractivity contribution in [2.45, 2.75) is 30.6 Å². The summed E-state index contributed by atoms with van der Waals surface area (Å²) in [5.41, 5.74) is -0.0775. The van der Waals surface area contributed by atoms with E-state index in [0.29, 0.717) is 28.0 Å². The molecule has 2 aromatic rings. The Morgan fingerprint density at radius 1 is 1.62 bits per heavy atom. The number of hydrogen-bond acceptors (Lipinski definition) is 5. The molecule has 1 saturated carbocycles. The quantitative estimate of drug-likeness (QED) is 0.502. The third kappa shape index (κ3) is 3.19. The molecule has 3 rings (SSSR count). The highest BCUT2D eigenvalue weighted by molar-refractivity contribution is 7.99. The zero-order chi connectivity index (χ0) is 14.8. The number of thiophene rings is 1. The van der Waals surface area contributed by atoms with Crippen LogP contribution in [0.25, 0.3) is 10.2 Å². The number of carbonyl (C=O) groups excluding carboxylic acids is 1. The average molecular weight is 321 g/mol. The van der Waals surface area contributed by atoms with E-state index in [2.05, 4.69) is 16.9 Å². The van der Waals surface area contributed by atoms with Gasteiger partial charge in [0.1, 0.15) is 4.83 Å². The molecule has 1 N–H and O–H groups in total. The third-order valence-electron chi connectivity index (χ3n) is 3.13. The lowest BCUT2D eigenvalue weighted by molar-refractivity contribution is -0.118. The van der Waals surface area contributed by atoms with Gasteiger partial charge in [-0.2, -0.15) is 0 Å². The van der Waals surface area contributed by atoms with E-state index < -0.39 is 0 Å². The Morgan fingerprint density at radius 2 is 2.43 bits per heavy atom. The van der Waals surface area contributed by atoms with Gasteiger partial charge in [-0.3, -0.25) is 14.2 Å². The number of fused-ring (bicyclic) bond motifs is 1. The molecule has 21 heavy (non-hydrogen) atoms. The molecule has 0 atom stereocenters. The lowest BCUT2D eigenvalue weighted by Gasteiger charge is -2.09. The van der Waals surface area contributed by atoms with E-state index in [-0.39, 0.29) is 17.2 Å². The molecule has 0 spiro atoms. The van der Waals surface area contributed by atoms with Gasteiger partial charge in [0, 0.05) is 12.6 Å². The van der Waals surface area contributed by atoms with E-state index in [4.69, 9.17) is 0 Å². The summed E-state index contributed by atoms with van der Waals surface area (Å²) in [7, 11) is 0. The monoisotopic (exact) mass is 321 g/mol. The van der Waals surface area contributed by atoms with Crippen LogP contribution in [0, 0.1) is 0 Å². The summed E-state index contributed by atoms with van der Waals surface area (Å²) < 4.78 is 1.57. The van der Waals surface area contributed by atoms with Crippen LogP contribution in [0.2, 0.25) is 0 Å². The Balaban J connectivity index is 1.84. The van der Waals surface area contributed by atoms with Crippen molar-refractivity contribution in [1.29, 1.82) is 0 Å². The highest BCUT2D eigenvalue weighted by Crippen LogP contribution is 2.22. The number of nitrogens with zero attached hydrogens (tertiary/aromatic N) is 2. The van der Waals surface area contributed by atoms with Gasteiger partial charge in [0.2, 0.25) is 5.91 Å². The molecular formula is C14H15N3O2S2. The molecule has 110 valence electrons. The number of carbonyl (C=O) groups is 1. The summed E-state index contributed by atoms with van der Waals surface area (Å²) in [5, 5.41) is 5.97. The van der Waals surface area contributed by atoms with Gasteiger partial charge in [0.05, 0.1) is 11.1 Å². The number of aromatic nitrogens is 2. The molecule has 0 unspecified atom stereocenters. The van der Waals surface area contributed by atoms with Crippen LogP contribution in [0.3, 0.4) is 0 Å². The zero-order valence-electron chi connectivity index (χ0n) is 11.4. The second-order valence-corrected chi connectivity index (χ2v) is 6.71. The first-order valence-corrected chi connectivity index (χ1v) is 8.56. The van der Waals surface area contributed by atoms with Crippen LogP contribution >= 0.6 is 23.1 Å². The van der Waals surface area contributed by atoms with Crippen molar-refractivity contribution in [2.24, 2.45) is 0 Å². The third-order valence-corrected chi connectivity index (χ3v) is 4.92. The normalized spacial score (nSPS) is 14.3. The van der Waals surface area contributed by atoms with Gasteiger partial charge >= 0.3 is 0 Å². The van der Waals surface area contributed by atoms with Gasteiger partial charge in [0.25, 0.3) is 5.56 Å². The SMILES string of the molecule is C=CCn1c(SCC(=O)NC2CC2)nc2sccc2c1=O. The second kappa shape index (κ2) is 6.03. The standard InChI is InChI=1S/C14H15N3O2S2/c1-2-6-17-13(19)10-5-7-20-12(10)16-14(17)21-8-11(18)15-9-3-4-9/h2,5,7,9H,1,3-4,6,8H2,(H,15,18). The summed E-state index contributed by atoms with van der Waals surface area (Å²) in [6, 6.07) is 2.13. The highest BCUT2D eigenvalue weighted by Gasteiger charge is 2.23. The number of rotatable bonds is 6. The van der Waals surface area contributed by atoms with Crippen molar-refractivity contribution in [1.82, 2.24) is 14.9 Å². The molecule has 0 aromatic carbocycles. The minimum atomic E-state index is -0.0775. The number of thioether (sulfide) groups is 1. The van der Waals surface area contributed by atoms with Crippen LogP contribution in [-0.2, 0) is 11.3 Å². The molecule has 1 fully saturated rings. The van der Waals surface area contributed by atoms with E-state index in [0.717, 1.165) is 12.8 Å². The molecule has 0 bridgehead atoms. The summed E-state index contributed by atoms with van der Waals surface area (Å²) >= 11 is 2.73. The van der Waals surface area contributed by atoms with Crippen molar-refractivity contribution >= 4 is 39.2 Å². The Morgan fingerprint density at radius 3 is 3.14 bits per heavy atom. The molecule has 5 nitrogen and oxygen atoms in total.